The summed E-state index contributed by atoms with van der Waals surface area (Å²) < 4.78 is 0. The molecular weight excluding hydrogens is 288 g/mol. The normalized spacial score (nSPS) is 21.2. The molecule has 0 saturated carbocycles. The van der Waals surface area contributed by atoms with Crippen molar-refractivity contribution in [3.63, 3.8) is 0 Å². The number of aromatic nitrogens is 1. The molecule has 5 nitrogen and oxygen atoms in total. The first-order valence-corrected chi connectivity index (χ1v) is 7.89. The monoisotopic (exact) mass is 308 g/mol. The Morgan fingerprint density at radius 1 is 1.43 bits per heavy atom. The predicted octanol–water partition coefficient (Wildman–Crippen LogP) is 2.02. The molecule has 0 bridgehead atoms. The van der Waals surface area contributed by atoms with Gasteiger partial charge in [0.05, 0.1) is 17.6 Å². The lowest BCUT2D eigenvalue weighted by atomic mass is 9.83. The number of nitrogens with zero attached hydrogens (tertiary/aromatic N) is 3. The summed E-state index contributed by atoms with van der Waals surface area (Å²) in [6.07, 6.45) is 2.73. The molecule has 0 spiro atoms. The van der Waals surface area contributed by atoms with Crippen molar-refractivity contribution < 1.29 is 4.79 Å². The molecule has 0 radical (unpaired) electrons. The maximum absolute atomic E-state index is 12.0. The highest BCUT2D eigenvalue weighted by molar-refractivity contribution is 5.87. The van der Waals surface area contributed by atoms with Crippen LogP contribution in [0.5, 0.6) is 0 Å². The number of fused-ring (bicyclic) bond motifs is 1. The first-order valence-electron chi connectivity index (χ1n) is 7.89. The number of hydrogen-bond donors (Lipinski definition) is 1. The zero-order valence-electron chi connectivity index (χ0n) is 13.2. The Morgan fingerprint density at radius 3 is 3.00 bits per heavy atom. The molecule has 0 aliphatic carbocycles. The molecule has 2 aromatic rings. The first kappa shape index (κ1) is 15.4. The molecular formula is C18H20N4O. The number of benzene rings is 1. The lowest BCUT2D eigenvalue weighted by molar-refractivity contribution is -0.131. The molecule has 1 amide bonds. The van der Waals surface area contributed by atoms with Gasteiger partial charge in [-0.2, -0.15) is 5.26 Å². The second kappa shape index (κ2) is 6.35. The minimum Gasteiger partial charge on any atom is -0.341 e. The van der Waals surface area contributed by atoms with E-state index >= 15 is 0 Å². The third kappa shape index (κ3) is 2.90. The van der Waals surface area contributed by atoms with Gasteiger partial charge in [0.1, 0.15) is 6.07 Å². The number of nitrogens with two attached hydrogens (primary N) is 1. The number of carbonyl (C=O) groups is 1. The maximum atomic E-state index is 12.0. The molecule has 2 heterocycles. The average Bonchev–Trinajstić information content (AvgIpc) is 2.59. The molecule has 1 saturated heterocycles. The summed E-state index contributed by atoms with van der Waals surface area (Å²) in [5.74, 6) is 0.665. The van der Waals surface area contributed by atoms with E-state index in [1.165, 1.54) is 0 Å². The van der Waals surface area contributed by atoms with Crippen LogP contribution in [0.25, 0.3) is 10.9 Å². The molecule has 1 aromatic heterocycles. The van der Waals surface area contributed by atoms with Gasteiger partial charge in [-0.15, -0.1) is 0 Å². The second-order valence-corrected chi connectivity index (χ2v) is 6.25. The van der Waals surface area contributed by atoms with Crippen molar-refractivity contribution in [1.82, 2.24) is 9.88 Å². The summed E-state index contributed by atoms with van der Waals surface area (Å²) in [6.45, 7) is 3.65. The van der Waals surface area contributed by atoms with Gasteiger partial charge >= 0.3 is 0 Å². The lowest BCUT2D eigenvalue weighted by Crippen LogP contribution is -2.45. The molecule has 1 aromatic carbocycles. The van der Waals surface area contributed by atoms with Crippen LogP contribution in [0, 0.1) is 17.2 Å². The third-order valence-electron chi connectivity index (χ3n) is 4.55. The summed E-state index contributed by atoms with van der Waals surface area (Å²) >= 11 is 0. The molecule has 3 rings (SSSR count). The summed E-state index contributed by atoms with van der Waals surface area (Å²) in [5, 5.41) is 10.3. The highest BCUT2D eigenvalue weighted by atomic mass is 16.2. The molecule has 1 aliphatic rings. The van der Waals surface area contributed by atoms with E-state index in [2.05, 4.69) is 18.0 Å². The molecule has 2 atom stereocenters. The van der Waals surface area contributed by atoms with Crippen LogP contribution < -0.4 is 5.73 Å². The van der Waals surface area contributed by atoms with E-state index in [9.17, 15) is 10.1 Å². The van der Waals surface area contributed by atoms with Gasteiger partial charge in [0.25, 0.3) is 0 Å². The number of rotatable bonds is 2. The Kier molecular flexibility index (Phi) is 4.26. The van der Waals surface area contributed by atoms with Gasteiger partial charge in [-0.05, 0) is 30.0 Å². The van der Waals surface area contributed by atoms with Gasteiger partial charge in [-0.1, -0.05) is 19.1 Å². The fraction of sp³-hybridized carbons (Fsp3) is 0.389. The standard InChI is InChI=1S/C18H20N4O/c1-12-7-14(11-22(10-12)17(23)9-20)15-5-4-13(8-19)18-16(15)3-2-6-21-18/h2-6,12,14H,7,9-11,20H2,1H3. The minimum absolute atomic E-state index is 0.00220. The zero-order valence-corrected chi connectivity index (χ0v) is 13.2. The Morgan fingerprint density at radius 2 is 2.26 bits per heavy atom. The van der Waals surface area contributed by atoms with Crippen LogP contribution >= 0.6 is 0 Å². The highest BCUT2D eigenvalue weighted by Gasteiger charge is 2.29. The summed E-state index contributed by atoms with van der Waals surface area (Å²) in [7, 11) is 0. The third-order valence-corrected chi connectivity index (χ3v) is 4.55. The summed E-state index contributed by atoms with van der Waals surface area (Å²) in [5.41, 5.74) is 8.01. The van der Waals surface area contributed by atoms with Crippen molar-refractivity contribution in [3.8, 4) is 6.07 Å². The van der Waals surface area contributed by atoms with Crippen LogP contribution in [0.2, 0.25) is 0 Å². The van der Waals surface area contributed by atoms with Crippen molar-refractivity contribution in [2.45, 2.75) is 19.3 Å². The smallest absolute Gasteiger partial charge is 0.236 e. The van der Waals surface area contributed by atoms with Gasteiger partial charge in [0, 0.05) is 30.6 Å². The fourth-order valence-corrected chi connectivity index (χ4v) is 3.55. The number of hydrogen-bond acceptors (Lipinski definition) is 4. The van der Waals surface area contributed by atoms with E-state index in [1.807, 2.05) is 29.2 Å². The number of amides is 1. The van der Waals surface area contributed by atoms with Crippen molar-refractivity contribution >= 4 is 16.8 Å². The molecule has 23 heavy (non-hydrogen) atoms. The van der Waals surface area contributed by atoms with Crippen LogP contribution in [0.4, 0.5) is 0 Å². The Bertz CT molecular complexity index is 780. The average molecular weight is 308 g/mol. The molecule has 5 heteroatoms. The molecule has 1 aliphatic heterocycles. The zero-order chi connectivity index (χ0) is 16.4. The number of nitriles is 1. The van der Waals surface area contributed by atoms with E-state index in [4.69, 9.17) is 5.73 Å². The van der Waals surface area contributed by atoms with Crippen LogP contribution in [-0.2, 0) is 4.79 Å². The lowest BCUT2D eigenvalue weighted by Gasteiger charge is -2.37. The van der Waals surface area contributed by atoms with Crippen molar-refractivity contribution in [1.29, 1.82) is 5.26 Å². The second-order valence-electron chi connectivity index (χ2n) is 6.25. The number of pyridine rings is 1. The molecule has 1 fully saturated rings. The highest BCUT2D eigenvalue weighted by Crippen LogP contribution is 2.34. The van der Waals surface area contributed by atoms with Crippen molar-refractivity contribution in [2.24, 2.45) is 11.7 Å². The first-order chi connectivity index (χ1) is 11.1. The van der Waals surface area contributed by atoms with Crippen LogP contribution in [0.1, 0.15) is 30.4 Å². The number of piperidine rings is 1. The van der Waals surface area contributed by atoms with Crippen LogP contribution in [0.3, 0.4) is 0 Å². The van der Waals surface area contributed by atoms with E-state index < -0.39 is 0 Å². The molecule has 2 N–H and O–H groups in total. The Hall–Kier alpha value is -2.45. The fourth-order valence-electron chi connectivity index (χ4n) is 3.55. The summed E-state index contributed by atoms with van der Waals surface area (Å²) in [4.78, 5) is 18.2. The Balaban J connectivity index is 2.03. The van der Waals surface area contributed by atoms with Gasteiger partial charge in [-0.3, -0.25) is 9.78 Å². The largest absolute Gasteiger partial charge is 0.341 e. The van der Waals surface area contributed by atoms with Crippen molar-refractivity contribution in [2.75, 3.05) is 19.6 Å². The Labute approximate surface area is 135 Å². The number of carbonyl (C=O) groups excluding carboxylic acids is 1. The van der Waals surface area contributed by atoms with E-state index in [0.717, 1.165) is 29.4 Å². The van der Waals surface area contributed by atoms with Gasteiger partial charge < -0.3 is 10.6 Å². The van der Waals surface area contributed by atoms with Gasteiger partial charge in [-0.25, -0.2) is 0 Å². The van der Waals surface area contributed by atoms with E-state index in [0.29, 0.717) is 18.0 Å². The quantitative estimate of drug-likeness (QED) is 0.920. The van der Waals surface area contributed by atoms with Crippen molar-refractivity contribution in [3.05, 3.63) is 41.6 Å². The topological polar surface area (TPSA) is 83.0 Å². The van der Waals surface area contributed by atoms with E-state index in [1.54, 1.807) is 6.20 Å². The molecule has 118 valence electrons. The SMILES string of the molecule is CC1CC(c2ccc(C#N)c3ncccc23)CN(C(=O)CN)C1. The summed E-state index contributed by atoms with van der Waals surface area (Å²) in [6, 6.07) is 9.94. The van der Waals surface area contributed by atoms with Crippen LogP contribution in [-0.4, -0.2) is 35.4 Å². The van der Waals surface area contributed by atoms with Crippen LogP contribution in [0.15, 0.2) is 30.5 Å². The minimum atomic E-state index is -0.00220. The predicted molar refractivity (Wildman–Crippen MR) is 88.6 cm³/mol. The van der Waals surface area contributed by atoms with Gasteiger partial charge in [0.2, 0.25) is 5.91 Å². The molecule has 2 unspecified atom stereocenters. The van der Waals surface area contributed by atoms with E-state index in [-0.39, 0.29) is 18.4 Å². The number of likely N-dealkylation sites (tertiary alicyclic amines) is 1. The maximum Gasteiger partial charge on any atom is 0.236 e. The van der Waals surface area contributed by atoms with Gasteiger partial charge in [0.15, 0.2) is 0 Å².